The number of nitro groups is 1. The van der Waals surface area contributed by atoms with E-state index < -0.39 is 4.92 Å². The number of hydrazine groups is 1. The third kappa shape index (κ3) is 3.18. The fraction of sp³-hybridized carbons (Fsp3) is 0.182. The standard InChI is InChI=1S/C11H12N4O3S/c1-7-2-3-9(15(16)17)10(4-7)18-6-8-5-13-11(14-12)19-8/h2-5H,6,12H2,1H3,(H,13,14). The third-order valence-electron chi connectivity index (χ3n) is 2.36. The molecule has 0 atom stereocenters. The highest BCUT2D eigenvalue weighted by Gasteiger charge is 2.15. The summed E-state index contributed by atoms with van der Waals surface area (Å²) < 4.78 is 5.48. The zero-order valence-corrected chi connectivity index (χ0v) is 10.9. The molecular weight excluding hydrogens is 268 g/mol. The quantitative estimate of drug-likeness (QED) is 0.494. The van der Waals surface area contributed by atoms with Crippen molar-refractivity contribution in [3.05, 3.63) is 45.0 Å². The maximum atomic E-state index is 10.9. The molecule has 0 spiro atoms. The Morgan fingerprint density at radius 2 is 2.37 bits per heavy atom. The van der Waals surface area contributed by atoms with Crippen molar-refractivity contribution in [2.75, 3.05) is 5.43 Å². The third-order valence-corrected chi connectivity index (χ3v) is 3.26. The van der Waals surface area contributed by atoms with Gasteiger partial charge in [-0.1, -0.05) is 17.4 Å². The lowest BCUT2D eigenvalue weighted by molar-refractivity contribution is -0.385. The minimum atomic E-state index is -0.464. The summed E-state index contributed by atoms with van der Waals surface area (Å²) in [5.41, 5.74) is 3.28. The number of aryl methyl sites for hydroxylation is 1. The van der Waals surface area contributed by atoms with E-state index in [-0.39, 0.29) is 18.0 Å². The predicted octanol–water partition coefficient (Wildman–Crippen LogP) is 2.22. The second-order valence-corrected chi connectivity index (χ2v) is 4.91. The summed E-state index contributed by atoms with van der Waals surface area (Å²) in [6.45, 7) is 2.06. The van der Waals surface area contributed by atoms with E-state index in [1.54, 1.807) is 18.3 Å². The topological polar surface area (TPSA) is 103 Å². The van der Waals surface area contributed by atoms with Crippen LogP contribution in [-0.4, -0.2) is 9.91 Å². The zero-order valence-electron chi connectivity index (χ0n) is 10.1. The Labute approximate surface area is 113 Å². The Balaban J connectivity index is 2.14. The summed E-state index contributed by atoms with van der Waals surface area (Å²) in [7, 11) is 0. The molecule has 1 aromatic carbocycles. The number of anilines is 1. The molecule has 19 heavy (non-hydrogen) atoms. The highest BCUT2D eigenvalue weighted by molar-refractivity contribution is 7.15. The molecule has 0 saturated carbocycles. The minimum absolute atomic E-state index is 0.0488. The number of aromatic nitrogens is 1. The van der Waals surface area contributed by atoms with Crippen LogP contribution in [0.5, 0.6) is 5.75 Å². The van der Waals surface area contributed by atoms with E-state index in [2.05, 4.69) is 10.4 Å². The normalized spacial score (nSPS) is 10.2. The molecule has 1 heterocycles. The molecule has 1 aromatic heterocycles. The maximum absolute atomic E-state index is 10.9. The molecule has 0 amide bonds. The monoisotopic (exact) mass is 280 g/mol. The molecule has 0 unspecified atom stereocenters. The number of rotatable bonds is 5. The Bertz CT molecular complexity index is 599. The van der Waals surface area contributed by atoms with Crippen LogP contribution in [0.1, 0.15) is 10.4 Å². The maximum Gasteiger partial charge on any atom is 0.310 e. The number of nitrogens with two attached hydrogens (primary N) is 1. The summed E-state index contributed by atoms with van der Waals surface area (Å²) in [6.07, 6.45) is 1.61. The van der Waals surface area contributed by atoms with Gasteiger partial charge in [0.15, 0.2) is 10.9 Å². The highest BCUT2D eigenvalue weighted by Crippen LogP contribution is 2.29. The predicted molar refractivity (Wildman–Crippen MR) is 72.1 cm³/mol. The lowest BCUT2D eigenvalue weighted by Gasteiger charge is -2.05. The molecule has 0 saturated heterocycles. The number of hydrogen-bond acceptors (Lipinski definition) is 7. The molecule has 3 N–H and O–H groups in total. The first-order chi connectivity index (χ1) is 9.10. The first-order valence-electron chi connectivity index (χ1n) is 5.39. The number of nitrogens with zero attached hydrogens (tertiary/aromatic N) is 2. The van der Waals surface area contributed by atoms with Crippen molar-refractivity contribution in [2.45, 2.75) is 13.5 Å². The van der Waals surface area contributed by atoms with Gasteiger partial charge in [0.05, 0.1) is 9.80 Å². The van der Waals surface area contributed by atoms with Gasteiger partial charge in [-0.2, -0.15) is 0 Å². The summed E-state index contributed by atoms with van der Waals surface area (Å²) >= 11 is 1.33. The van der Waals surface area contributed by atoms with Gasteiger partial charge in [0.1, 0.15) is 6.61 Å². The number of nitro benzene ring substituents is 1. The van der Waals surface area contributed by atoms with Crippen molar-refractivity contribution in [1.82, 2.24) is 4.98 Å². The molecular formula is C11H12N4O3S. The molecule has 2 rings (SSSR count). The van der Waals surface area contributed by atoms with Gasteiger partial charge in [0, 0.05) is 12.3 Å². The lowest BCUT2D eigenvalue weighted by atomic mass is 10.2. The van der Waals surface area contributed by atoms with Crippen molar-refractivity contribution in [3.8, 4) is 5.75 Å². The fourth-order valence-electron chi connectivity index (χ4n) is 1.48. The highest BCUT2D eigenvalue weighted by atomic mass is 32.1. The molecule has 0 aliphatic rings. The molecule has 100 valence electrons. The molecule has 0 aliphatic carbocycles. The van der Waals surface area contributed by atoms with Gasteiger partial charge in [0.2, 0.25) is 0 Å². The van der Waals surface area contributed by atoms with Gasteiger partial charge in [-0.25, -0.2) is 10.8 Å². The molecule has 7 nitrogen and oxygen atoms in total. The van der Waals surface area contributed by atoms with Gasteiger partial charge in [-0.3, -0.25) is 15.5 Å². The van der Waals surface area contributed by atoms with Crippen LogP contribution >= 0.6 is 11.3 Å². The number of hydrogen-bond donors (Lipinski definition) is 2. The van der Waals surface area contributed by atoms with E-state index in [1.807, 2.05) is 6.92 Å². The molecule has 0 fully saturated rings. The van der Waals surface area contributed by atoms with Gasteiger partial charge < -0.3 is 4.74 Å². The average Bonchev–Trinajstić information content (AvgIpc) is 2.84. The second-order valence-electron chi connectivity index (χ2n) is 3.79. The van der Waals surface area contributed by atoms with Crippen LogP contribution in [-0.2, 0) is 6.61 Å². The van der Waals surface area contributed by atoms with Crippen molar-refractivity contribution in [1.29, 1.82) is 0 Å². The number of nitrogens with one attached hydrogen (secondary N) is 1. The summed E-state index contributed by atoms with van der Waals surface area (Å²) in [5.74, 6) is 5.47. The SMILES string of the molecule is Cc1ccc([N+](=O)[O-])c(OCc2cnc(NN)s2)c1. The Morgan fingerprint density at radius 3 is 3.00 bits per heavy atom. The second kappa shape index (κ2) is 5.63. The van der Waals surface area contributed by atoms with Crippen LogP contribution in [0.25, 0.3) is 0 Å². The zero-order chi connectivity index (χ0) is 13.8. The molecule has 0 aliphatic heterocycles. The number of nitrogen functional groups attached to an aromatic ring is 1. The first-order valence-corrected chi connectivity index (χ1v) is 6.21. The van der Waals surface area contributed by atoms with Crippen LogP contribution in [0.15, 0.2) is 24.4 Å². The van der Waals surface area contributed by atoms with Crippen LogP contribution in [0.4, 0.5) is 10.8 Å². The van der Waals surface area contributed by atoms with Crippen LogP contribution < -0.4 is 16.0 Å². The van der Waals surface area contributed by atoms with E-state index in [4.69, 9.17) is 10.6 Å². The van der Waals surface area contributed by atoms with E-state index in [9.17, 15) is 10.1 Å². The Kier molecular flexibility index (Phi) is 3.93. The number of benzene rings is 1. The van der Waals surface area contributed by atoms with Gasteiger partial charge in [-0.15, -0.1) is 0 Å². The summed E-state index contributed by atoms with van der Waals surface area (Å²) in [5, 5.41) is 11.5. The van der Waals surface area contributed by atoms with E-state index in [0.29, 0.717) is 5.13 Å². The summed E-state index contributed by atoms with van der Waals surface area (Å²) in [6, 6.07) is 4.75. The van der Waals surface area contributed by atoms with Gasteiger partial charge in [-0.05, 0) is 18.6 Å². The van der Waals surface area contributed by atoms with E-state index in [0.717, 1.165) is 10.4 Å². The molecule has 0 radical (unpaired) electrons. The van der Waals surface area contributed by atoms with Gasteiger partial charge >= 0.3 is 5.69 Å². The molecule has 8 heteroatoms. The van der Waals surface area contributed by atoms with Crippen LogP contribution in [0.3, 0.4) is 0 Å². The van der Waals surface area contributed by atoms with Crippen molar-refractivity contribution in [2.24, 2.45) is 5.84 Å². The largest absolute Gasteiger partial charge is 0.481 e. The fourth-order valence-corrected chi connectivity index (χ4v) is 2.11. The van der Waals surface area contributed by atoms with E-state index in [1.165, 1.54) is 17.4 Å². The first kappa shape index (κ1) is 13.2. The molecule has 2 aromatic rings. The van der Waals surface area contributed by atoms with Crippen LogP contribution in [0.2, 0.25) is 0 Å². The Hall–Kier alpha value is -2.19. The lowest BCUT2D eigenvalue weighted by Crippen LogP contribution is -2.05. The summed E-state index contributed by atoms with van der Waals surface area (Å²) in [4.78, 5) is 15.2. The number of thiazole rings is 1. The van der Waals surface area contributed by atoms with Crippen LogP contribution in [0, 0.1) is 17.0 Å². The van der Waals surface area contributed by atoms with Gasteiger partial charge in [0.25, 0.3) is 0 Å². The smallest absolute Gasteiger partial charge is 0.310 e. The average molecular weight is 280 g/mol. The minimum Gasteiger partial charge on any atom is -0.481 e. The van der Waals surface area contributed by atoms with E-state index >= 15 is 0 Å². The Morgan fingerprint density at radius 1 is 1.58 bits per heavy atom. The van der Waals surface area contributed by atoms with Crippen molar-refractivity contribution in [3.63, 3.8) is 0 Å². The number of ether oxygens (including phenoxy) is 1. The molecule has 0 bridgehead atoms. The van der Waals surface area contributed by atoms with Crippen molar-refractivity contribution < 1.29 is 9.66 Å². The van der Waals surface area contributed by atoms with Crippen molar-refractivity contribution >= 4 is 22.2 Å².